The number of methoxy groups -OCH3 is 1. The summed E-state index contributed by atoms with van der Waals surface area (Å²) in [5.74, 6) is 0.715. The molecule has 2 aromatic heterocycles. The number of hydrogen-bond acceptors (Lipinski definition) is 6. The van der Waals surface area contributed by atoms with Crippen molar-refractivity contribution in [3.63, 3.8) is 0 Å². The predicted octanol–water partition coefficient (Wildman–Crippen LogP) is 2.95. The lowest BCUT2D eigenvalue weighted by atomic mass is 10.1. The van der Waals surface area contributed by atoms with Crippen molar-refractivity contribution in [1.29, 1.82) is 0 Å². The van der Waals surface area contributed by atoms with Gasteiger partial charge in [-0.2, -0.15) is 0 Å². The van der Waals surface area contributed by atoms with Gasteiger partial charge in [0.1, 0.15) is 17.1 Å². The quantitative estimate of drug-likeness (QED) is 0.381. The molecule has 0 saturated carbocycles. The van der Waals surface area contributed by atoms with E-state index in [1.807, 2.05) is 18.2 Å². The van der Waals surface area contributed by atoms with Crippen LogP contribution in [0.15, 0.2) is 70.1 Å². The van der Waals surface area contributed by atoms with Crippen LogP contribution in [0.2, 0.25) is 0 Å². The lowest BCUT2D eigenvalue weighted by molar-refractivity contribution is -0.120. The molecular formula is C26H22N4O6. The van der Waals surface area contributed by atoms with Gasteiger partial charge in [0.25, 0.3) is 11.8 Å². The SMILES string of the molecule is COc1ccc2c(c1)C(=O)N(C)C2.O=C1NC(=O)C(c2cc3cc(-c4c[nH]ccc4=O)ccc3o2)N1. The molecule has 10 nitrogen and oxygen atoms in total. The lowest BCUT2D eigenvalue weighted by Crippen LogP contribution is -2.22. The van der Waals surface area contributed by atoms with Crippen LogP contribution in [0.1, 0.15) is 27.7 Å². The minimum atomic E-state index is -0.835. The molecule has 2 aromatic carbocycles. The molecule has 6 rings (SSSR count). The van der Waals surface area contributed by atoms with Gasteiger partial charge in [-0.05, 0) is 41.5 Å². The summed E-state index contributed by atoms with van der Waals surface area (Å²) < 4.78 is 10.7. The zero-order valence-corrected chi connectivity index (χ0v) is 19.5. The molecule has 0 spiro atoms. The van der Waals surface area contributed by atoms with E-state index in [9.17, 15) is 19.2 Å². The van der Waals surface area contributed by atoms with Crippen LogP contribution in [0.4, 0.5) is 4.79 Å². The van der Waals surface area contributed by atoms with Gasteiger partial charge < -0.3 is 24.4 Å². The molecule has 36 heavy (non-hydrogen) atoms. The number of nitrogens with zero attached hydrogens (tertiary/aromatic N) is 1. The number of hydrogen-bond donors (Lipinski definition) is 3. The number of aromatic amines is 1. The summed E-state index contributed by atoms with van der Waals surface area (Å²) in [5, 5.41) is 5.39. The first kappa shape index (κ1) is 22.9. The molecule has 0 aliphatic carbocycles. The van der Waals surface area contributed by atoms with E-state index in [0.717, 1.165) is 27.8 Å². The number of nitrogens with one attached hydrogen (secondary N) is 3. The van der Waals surface area contributed by atoms with E-state index in [4.69, 9.17) is 9.15 Å². The average Bonchev–Trinajstić information content (AvgIpc) is 3.53. The first-order chi connectivity index (χ1) is 17.3. The molecule has 4 aromatic rings. The maximum absolute atomic E-state index is 11.9. The van der Waals surface area contributed by atoms with Crippen LogP contribution in [0.3, 0.4) is 0 Å². The summed E-state index contributed by atoms with van der Waals surface area (Å²) in [7, 11) is 3.40. The van der Waals surface area contributed by atoms with Crippen molar-refractivity contribution in [2.24, 2.45) is 0 Å². The smallest absolute Gasteiger partial charge is 0.322 e. The highest BCUT2D eigenvalue weighted by Gasteiger charge is 2.33. The van der Waals surface area contributed by atoms with Crippen molar-refractivity contribution in [2.75, 3.05) is 14.2 Å². The van der Waals surface area contributed by atoms with Crippen LogP contribution in [-0.4, -0.2) is 41.9 Å². The summed E-state index contributed by atoms with van der Waals surface area (Å²) in [6.45, 7) is 0.707. The minimum absolute atomic E-state index is 0.0777. The Kier molecular flexibility index (Phi) is 5.77. The number of carbonyl (C=O) groups excluding carboxylic acids is 3. The van der Waals surface area contributed by atoms with Crippen molar-refractivity contribution in [3.05, 3.63) is 88.0 Å². The molecule has 3 N–H and O–H groups in total. The Bertz CT molecular complexity index is 1570. The van der Waals surface area contributed by atoms with Crippen LogP contribution in [0, 0.1) is 0 Å². The van der Waals surface area contributed by atoms with Gasteiger partial charge in [0, 0.05) is 48.6 Å². The van der Waals surface area contributed by atoms with Crippen molar-refractivity contribution in [2.45, 2.75) is 12.6 Å². The number of furan rings is 1. The van der Waals surface area contributed by atoms with Crippen LogP contribution in [0.5, 0.6) is 5.75 Å². The van der Waals surface area contributed by atoms with E-state index in [1.165, 1.54) is 6.07 Å². The standard InChI is InChI=1S/C16H11N3O4.C10H11NO2/c20-11-3-4-17-7-10(11)8-1-2-12-9(5-8)6-13(23-12)14-15(21)19-16(22)18-14;1-11-6-7-3-4-8(13-2)5-9(7)10(11)12/h1-7,14H,(H,17,20)(H2,18,19,21,22);3-5H,6H2,1-2H3. The number of rotatable bonds is 3. The summed E-state index contributed by atoms with van der Waals surface area (Å²) in [4.78, 5) is 50.9. The Morgan fingerprint density at radius 3 is 2.56 bits per heavy atom. The fourth-order valence-electron chi connectivity index (χ4n) is 4.19. The van der Waals surface area contributed by atoms with Gasteiger partial charge >= 0.3 is 6.03 Å². The first-order valence-corrected chi connectivity index (χ1v) is 11.1. The minimum Gasteiger partial charge on any atom is -0.497 e. The maximum Gasteiger partial charge on any atom is 0.322 e. The molecule has 10 heteroatoms. The highest BCUT2D eigenvalue weighted by molar-refractivity contribution is 6.04. The molecule has 4 heterocycles. The Morgan fingerprint density at radius 2 is 1.83 bits per heavy atom. The molecule has 1 saturated heterocycles. The molecular weight excluding hydrogens is 464 g/mol. The molecule has 1 atom stereocenters. The van der Waals surface area contributed by atoms with E-state index in [0.29, 0.717) is 23.5 Å². The number of aromatic nitrogens is 1. The summed E-state index contributed by atoms with van der Waals surface area (Å²) >= 11 is 0. The van der Waals surface area contributed by atoms with Gasteiger partial charge in [-0.1, -0.05) is 12.1 Å². The highest BCUT2D eigenvalue weighted by atomic mass is 16.5. The third-order valence-electron chi connectivity index (χ3n) is 6.03. The number of carbonyl (C=O) groups is 3. The summed E-state index contributed by atoms with van der Waals surface area (Å²) in [6, 6.07) is 12.7. The van der Waals surface area contributed by atoms with E-state index in [1.54, 1.807) is 55.7 Å². The summed E-state index contributed by atoms with van der Waals surface area (Å²) in [5.41, 5.74) is 3.62. The van der Waals surface area contributed by atoms with Gasteiger partial charge in [0.15, 0.2) is 11.5 Å². The van der Waals surface area contributed by atoms with Crippen molar-refractivity contribution in [1.82, 2.24) is 20.5 Å². The zero-order chi connectivity index (χ0) is 25.4. The van der Waals surface area contributed by atoms with Gasteiger partial charge in [-0.25, -0.2) is 4.79 Å². The Morgan fingerprint density at radius 1 is 1.00 bits per heavy atom. The van der Waals surface area contributed by atoms with Crippen molar-refractivity contribution >= 4 is 28.8 Å². The third-order valence-corrected chi connectivity index (χ3v) is 6.03. The second-order valence-corrected chi connectivity index (χ2v) is 8.40. The molecule has 2 aliphatic heterocycles. The van der Waals surface area contributed by atoms with E-state index >= 15 is 0 Å². The van der Waals surface area contributed by atoms with Gasteiger partial charge in [-0.15, -0.1) is 0 Å². The highest BCUT2D eigenvalue weighted by Crippen LogP contribution is 2.29. The average molecular weight is 486 g/mol. The zero-order valence-electron chi connectivity index (χ0n) is 19.5. The number of urea groups is 1. The fourth-order valence-corrected chi connectivity index (χ4v) is 4.19. The molecule has 1 unspecified atom stereocenters. The van der Waals surface area contributed by atoms with Gasteiger partial charge in [0.05, 0.1) is 7.11 Å². The monoisotopic (exact) mass is 486 g/mol. The van der Waals surface area contributed by atoms with Crippen molar-refractivity contribution in [3.8, 4) is 16.9 Å². The summed E-state index contributed by atoms with van der Waals surface area (Å²) in [6.07, 6.45) is 3.21. The van der Waals surface area contributed by atoms with Gasteiger partial charge in [0.2, 0.25) is 0 Å². The third kappa shape index (κ3) is 4.20. The molecule has 4 amide bonds. The van der Waals surface area contributed by atoms with Gasteiger partial charge in [-0.3, -0.25) is 19.7 Å². The second-order valence-electron chi connectivity index (χ2n) is 8.40. The van der Waals surface area contributed by atoms with Crippen LogP contribution in [-0.2, 0) is 11.3 Å². The number of imide groups is 1. The number of fused-ring (bicyclic) bond motifs is 2. The van der Waals surface area contributed by atoms with E-state index in [2.05, 4.69) is 15.6 Å². The Balaban J connectivity index is 0.000000174. The number of pyridine rings is 1. The van der Waals surface area contributed by atoms with Crippen LogP contribution < -0.4 is 20.8 Å². The molecule has 182 valence electrons. The van der Waals surface area contributed by atoms with E-state index in [-0.39, 0.29) is 11.3 Å². The fraction of sp³-hybridized carbons (Fsp3) is 0.154. The van der Waals surface area contributed by atoms with Crippen molar-refractivity contribution < 1.29 is 23.5 Å². The largest absolute Gasteiger partial charge is 0.497 e. The van der Waals surface area contributed by atoms with E-state index < -0.39 is 18.0 Å². The molecule has 1 fully saturated rings. The number of amides is 4. The second kappa shape index (κ2) is 9.06. The number of ether oxygens (including phenoxy) is 1. The maximum atomic E-state index is 11.9. The lowest BCUT2D eigenvalue weighted by Gasteiger charge is -2.04. The molecule has 2 aliphatic rings. The number of benzene rings is 2. The Hall–Kier alpha value is -4.86. The molecule has 0 bridgehead atoms. The predicted molar refractivity (Wildman–Crippen MR) is 130 cm³/mol. The topological polar surface area (TPSA) is 134 Å². The Labute approximate surface area is 204 Å². The first-order valence-electron chi connectivity index (χ1n) is 11.1. The molecule has 0 radical (unpaired) electrons. The van der Waals surface area contributed by atoms with Crippen LogP contribution in [0.25, 0.3) is 22.1 Å². The normalized spacial score (nSPS) is 16.3. The number of H-pyrrole nitrogens is 1. The van der Waals surface area contributed by atoms with Crippen LogP contribution >= 0.6 is 0 Å².